The highest BCUT2D eigenvalue weighted by Gasteiger charge is 2.72. The minimum atomic E-state index is -0.929. The SMILES string of the molecule is CC1(C)CCC2(CC1)C[C@@H](C(=O)C[C@@H]1CC[C@@H](c3ncon3)OC1)[C@H](c1ccnc(Cl)c1)[C@]21C(=O)Nc2cc(Cl)ccc21. The van der Waals surface area contributed by atoms with Crippen LogP contribution in [0.3, 0.4) is 0 Å². The van der Waals surface area contributed by atoms with Crippen molar-refractivity contribution in [1.29, 1.82) is 0 Å². The lowest BCUT2D eigenvalue weighted by Gasteiger charge is -2.51. The number of hydrogen-bond donors (Lipinski definition) is 1. The van der Waals surface area contributed by atoms with E-state index in [-0.39, 0.29) is 46.4 Å². The Kier molecular flexibility index (Phi) is 7.18. The summed E-state index contributed by atoms with van der Waals surface area (Å²) in [5, 5.41) is 8.07. The lowest BCUT2D eigenvalue weighted by Crippen LogP contribution is -2.52. The van der Waals surface area contributed by atoms with Crippen LogP contribution in [-0.2, 0) is 19.7 Å². The van der Waals surface area contributed by atoms with Crippen molar-refractivity contribution in [3.8, 4) is 0 Å². The average Bonchev–Trinajstić information content (AvgIpc) is 3.68. The first-order valence-corrected chi connectivity index (χ1v) is 16.0. The summed E-state index contributed by atoms with van der Waals surface area (Å²) in [7, 11) is 0. The molecule has 0 unspecified atom stereocenters. The highest BCUT2D eigenvalue weighted by Crippen LogP contribution is 2.72. The number of amides is 1. The van der Waals surface area contributed by atoms with Gasteiger partial charge in [-0.15, -0.1) is 0 Å². The van der Waals surface area contributed by atoms with E-state index in [4.69, 9.17) is 32.5 Å². The van der Waals surface area contributed by atoms with Gasteiger partial charge in [0.2, 0.25) is 12.3 Å². The number of ether oxygens (including phenoxy) is 1. The number of fused-ring (bicyclic) bond motifs is 3. The Morgan fingerprint density at radius 1 is 1.07 bits per heavy atom. The van der Waals surface area contributed by atoms with Gasteiger partial charge in [0.1, 0.15) is 17.0 Å². The van der Waals surface area contributed by atoms with Gasteiger partial charge in [-0.3, -0.25) is 9.59 Å². The number of halogens is 2. The third kappa shape index (κ3) is 4.72. The Bertz CT molecular complexity index is 1540. The molecular weight excluding hydrogens is 587 g/mol. The van der Waals surface area contributed by atoms with Gasteiger partial charge in [0.25, 0.3) is 0 Å². The zero-order valence-corrected chi connectivity index (χ0v) is 26.0. The molecule has 1 amide bonds. The molecule has 4 heterocycles. The molecule has 5 atom stereocenters. The van der Waals surface area contributed by atoms with Gasteiger partial charge in [-0.2, -0.15) is 4.98 Å². The zero-order valence-electron chi connectivity index (χ0n) is 24.4. The Balaban J connectivity index is 1.29. The monoisotopic (exact) mass is 622 g/mol. The highest BCUT2D eigenvalue weighted by atomic mass is 35.5. The molecule has 0 bridgehead atoms. The first-order chi connectivity index (χ1) is 20.6. The van der Waals surface area contributed by atoms with Gasteiger partial charge in [0, 0.05) is 35.2 Å². The summed E-state index contributed by atoms with van der Waals surface area (Å²) < 4.78 is 11.0. The summed E-state index contributed by atoms with van der Waals surface area (Å²) in [4.78, 5) is 37.6. The van der Waals surface area contributed by atoms with Crippen LogP contribution in [-0.4, -0.2) is 33.4 Å². The van der Waals surface area contributed by atoms with Crippen LogP contribution in [0.1, 0.15) is 94.2 Å². The fraction of sp³-hybridized carbons (Fsp3) is 0.545. The molecule has 3 aromatic rings. The van der Waals surface area contributed by atoms with Crippen LogP contribution in [0.4, 0.5) is 5.69 Å². The largest absolute Gasteiger partial charge is 0.370 e. The van der Waals surface area contributed by atoms with E-state index in [1.54, 1.807) is 6.20 Å². The quantitative estimate of drug-likeness (QED) is 0.294. The normalized spacial score (nSPS) is 30.8. The van der Waals surface area contributed by atoms with E-state index < -0.39 is 5.41 Å². The van der Waals surface area contributed by atoms with E-state index in [2.05, 4.69) is 34.3 Å². The van der Waals surface area contributed by atoms with Crippen LogP contribution in [0.5, 0.6) is 0 Å². The maximum absolute atomic E-state index is 14.6. The number of benzene rings is 1. The van der Waals surface area contributed by atoms with Gasteiger partial charge >= 0.3 is 0 Å². The van der Waals surface area contributed by atoms with Gasteiger partial charge in [-0.25, -0.2) is 4.98 Å². The summed E-state index contributed by atoms with van der Waals surface area (Å²) in [6.45, 7) is 5.06. The van der Waals surface area contributed by atoms with Crippen molar-refractivity contribution in [2.45, 2.75) is 82.7 Å². The molecule has 8 nitrogen and oxygen atoms in total. The fourth-order valence-corrected chi connectivity index (χ4v) is 9.15. The van der Waals surface area contributed by atoms with Gasteiger partial charge in [-0.1, -0.05) is 48.3 Å². The number of pyridine rings is 1. The number of Topliss-reactive ketones (excluding diaryl/α,β-unsaturated/α-hetero) is 1. The predicted molar refractivity (Wildman–Crippen MR) is 162 cm³/mol. The number of carbonyl (C=O) groups is 2. The summed E-state index contributed by atoms with van der Waals surface area (Å²) in [6, 6.07) is 9.50. The molecule has 1 N–H and O–H groups in total. The van der Waals surface area contributed by atoms with E-state index in [1.807, 2.05) is 30.3 Å². The van der Waals surface area contributed by atoms with Gasteiger partial charge in [-0.05, 0) is 97.1 Å². The molecular formula is C33H36Cl2N4O4. The standard InChI is InChI=1S/C33H36Cl2N4O4/c1-31(2)8-10-32(11-9-31)16-22(25(40)13-19-3-6-26(42-17-19)29-37-18-43-39-29)28(20-7-12-36-27(35)14-20)33(32)23-5-4-21(34)15-24(23)38-30(33)41/h4-5,7,12,14-15,18-19,22,26,28H,3,6,8-11,13,16-17H2,1-2H3,(H,38,41)/t19-,22-,26-,28-,33+/m0/s1. The Morgan fingerprint density at radius 3 is 2.58 bits per heavy atom. The minimum absolute atomic E-state index is 0.0401. The number of nitrogens with one attached hydrogen (secondary N) is 1. The lowest BCUT2D eigenvalue weighted by atomic mass is 9.51. The van der Waals surface area contributed by atoms with Crippen molar-refractivity contribution < 1.29 is 18.8 Å². The van der Waals surface area contributed by atoms with Crippen LogP contribution in [0.15, 0.2) is 47.4 Å². The maximum Gasteiger partial charge on any atom is 0.236 e. The number of rotatable bonds is 5. The van der Waals surface area contributed by atoms with Crippen LogP contribution in [0, 0.1) is 22.7 Å². The highest BCUT2D eigenvalue weighted by molar-refractivity contribution is 6.31. The zero-order chi connectivity index (χ0) is 30.0. The molecule has 2 spiro atoms. The number of anilines is 1. The number of ketones is 1. The van der Waals surface area contributed by atoms with Crippen LogP contribution in [0.2, 0.25) is 10.2 Å². The second-order valence-corrected chi connectivity index (χ2v) is 14.6. The van der Waals surface area contributed by atoms with Crippen molar-refractivity contribution in [3.05, 3.63) is 70.0 Å². The predicted octanol–water partition coefficient (Wildman–Crippen LogP) is 7.48. The Labute approximate surface area is 261 Å². The Morgan fingerprint density at radius 2 is 1.88 bits per heavy atom. The van der Waals surface area contributed by atoms with Gasteiger partial charge < -0.3 is 14.6 Å². The second-order valence-electron chi connectivity index (χ2n) is 13.8. The van der Waals surface area contributed by atoms with E-state index in [1.165, 1.54) is 6.39 Å². The van der Waals surface area contributed by atoms with Crippen LogP contribution < -0.4 is 5.32 Å². The number of aromatic nitrogens is 3. The smallest absolute Gasteiger partial charge is 0.236 e. The van der Waals surface area contributed by atoms with E-state index in [9.17, 15) is 9.59 Å². The molecule has 1 aromatic carbocycles. The molecule has 226 valence electrons. The molecule has 3 fully saturated rings. The summed E-state index contributed by atoms with van der Waals surface area (Å²) >= 11 is 12.9. The van der Waals surface area contributed by atoms with Gasteiger partial charge in [0.05, 0.1) is 12.0 Å². The first kappa shape index (κ1) is 28.9. The van der Waals surface area contributed by atoms with Gasteiger partial charge in [0.15, 0.2) is 5.82 Å². The molecule has 2 aromatic heterocycles. The maximum atomic E-state index is 14.6. The summed E-state index contributed by atoms with van der Waals surface area (Å²) in [5.74, 6) is 0.0224. The number of nitrogens with zero attached hydrogens (tertiary/aromatic N) is 3. The second kappa shape index (κ2) is 10.7. The number of hydrogen-bond acceptors (Lipinski definition) is 7. The molecule has 0 radical (unpaired) electrons. The van der Waals surface area contributed by atoms with E-state index in [0.29, 0.717) is 35.4 Å². The molecule has 10 heteroatoms. The summed E-state index contributed by atoms with van der Waals surface area (Å²) in [5.41, 5.74) is 1.43. The summed E-state index contributed by atoms with van der Waals surface area (Å²) in [6.07, 6.45) is 9.10. The van der Waals surface area contributed by atoms with Crippen molar-refractivity contribution >= 4 is 40.6 Å². The lowest BCUT2D eigenvalue weighted by molar-refractivity contribution is -0.127. The molecule has 2 saturated carbocycles. The first-order valence-electron chi connectivity index (χ1n) is 15.3. The molecule has 2 aliphatic carbocycles. The van der Waals surface area contributed by atoms with Crippen LogP contribution in [0.25, 0.3) is 0 Å². The van der Waals surface area contributed by atoms with Crippen molar-refractivity contribution in [2.24, 2.45) is 22.7 Å². The molecule has 2 aliphatic heterocycles. The van der Waals surface area contributed by atoms with E-state index >= 15 is 0 Å². The van der Waals surface area contributed by atoms with Crippen molar-refractivity contribution in [3.63, 3.8) is 0 Å². The molecule has 1 saturated heterocycles. The molecule has 7 rings (SSSR count). The third-order valence-corrected chi connectivity index (χ3v) is 11.4. The third-order valence-electron chi connectivity index (χ3n) is 10.9. The van der Waals surface area contributed by atoms with Crippen molar-refractivity contribution in [2.75, 3.05) is 11.9 Å². The average molecular weight is 624 g/mol. The van der Waals surface area contributed by atoms with Crippen LogP contribution >= 0.6 is 23.2 Å². The minimum Gasteiger partial charge on any atom is -0.370 e. The molecule has 43 heavy (non-hydrogen) atoms. The fourth-order valence-electron chi connectivity index (χ4n) is 8.80. The molecule has 4 aliphatic rings. The van der Waals surface area contributed by atoms with E-state index in [0.717, 1.165) is 55.3 Å². The topological polar surface area (TPSA) is 107 Å². The Hall–Kier alpha value is -2.81. The number of carbonyl (C=O) groups excluding carboxylic acids is 2. The van der Waals surface area contributed by atoms with Crippen molar-refractivity contribution in [1.82, 2.24) is 15.1 Å².